The van der Waals surface area contributed by atoms with E-state index in [1.165, 1.54) is 32.1 Å². The molecule has 21 heavy (non-hydrogen) atoms. The van der Waals surface area contributed by atoms with Gasteiger partial charge in [-0.25, -0.2) is 0 Å². The Kier molecular flexibility index (Phi) is 7.31. The molecule has 1 N–H and O–H groups in total. The summed E-state index contributed by atoms with van der Waals surface area (Å²) in [6.45, 7) is 3.95. The van der Waals surface area contributed by atoms with E-state index in [0.717, 1.165) is 25.1 Å². The maximum Gasteiger partial charge on any atom is 0.0595 e. The van der Waals surface area contributed by atoms with Crippen LogP contribution in [0.4, 0.5) is 0 Å². The fraction of sp³-hybridized carbons (Fsp3) is 0.647. The molecule has 0 radical (unpaired) electrons. The lowest BCUT2D eigenvalue weighted by Gasteiger charge is -2.22. The number of hydrogen-bond acceptors (Lipinski definition) is 2. The van der Waals surface area contributed by atoms with Crippen LogP contribution in [0.25, 0.3) is 0 Å². The first kappa shape index (κ1) is 17.1. The molecule has 118 valence electrons. The highest BCUT2D eigenvalue weighted by Gasteiger charge is 2.13. The van der Waals surface area contributed by atoms with Crippen LogP contribution in [-0.4, -0.2) is 19.3 Å². The third-order valence-corrected chi connectivity index (χ3v) is 4.86. The summed E-state index contributed by atoms with van der Waals surface area (Å²) in [5.41, 5.74) is 1.16. The quantitative estimate of drug-likeness (QED) is 0.677. The molecule has 2 rings (SSSR count). The van der Waals surface area contributed by atoms with Crippen molar-refractivity contribution in [2.45, 2.75) is 57.6 Å². The van der Waals surface area contributed by atoms with Crippen LogP contribution >= 0.6 is 23.2 Å². The highest BCUT2D eigenvalue weighted by molar-refractivity contribution is 6.42. The predicted octanol–water partition coefficient (Wildman–Crippen LogP) is 5.38. The molecule has 0 aromatic heterocycles. The molecule has 2 nitrogen and oxygen atoms in total. The highest BCUT2D eigenvalue weighted by Crippen LogP contribution is 2.25. The summed E-state index contributed by atoms with van der Waals surface area (Å²) in [5.74, 6) is 0. The van der Waals surface area contributed by atoms with Gasteiger partial charge in [0.25, 0.3) is 0 Å². The van der Waals surface area contributed by atoms with Gasteiger partial charge in [-0.2, -0.15) is 0 Å². The third-order valence-electron chi connectivity index (χ3n) is 4.12. The van der Waals surface area contributed by atoms with Crippen molar-refractivity contribution < 1.29 is 4.74 Å². The van der Waals surface area contributed by atoms with E-state index in [0.29, 0.717) is 16.1 Å². The van der Waals surface area contributed by atoms with E-state index < -0.39 is 0 Å². The topological polar surface area (TPSA) is 21.3 Å². The largest absolute Gasteiger partial charge is 0.378 e. The summed E-state index contributed by atoms with van der Waals surface area (Å²) in [6.07, 6.45) is 8.07. The minimum Gasteiger partial charge on any atom is -0.378 e. The summed E-state index contributed by atoms with van der Waals surface area (Å²) in [5, 5.41) is 4.72. The van der Waals surface area contributed by atoms with Crippen LogP contribution in [-0.2, 0) is 4.74 Å². The predicted molar refractivity (Wildman–Crippen MR) is 90.3 cm³/mol. The van der Waals surface area contributed by atoms with Crippen molar-refractivity contribution >= 4 is 23.2 Å². The van der Waals surface area contributed by atoms with Crippen molar-refractivity contribution in [3.63, 3.8) is 0 Å². The lowest BCUT2D eigenvalue weighted by Crippen LogP contribution is -2.23. The van der Waals surface area contributed by atoms with Crippen LogP contribution in [0.1, 0.15) is 57.1 Å². The molecule has 0 aliphatic heterocycles. The van der Waals surface area contributed by atoms with Crippen LogP contribution in [0.5, 0.6) is 0 Å². The average molecular weight is 330 g/mol. The van der Waals surface area contributed by atoms with Crippen molar-refractivity contribution in [2.24, 2.45) is 0 Å². The monoisotopic (exact) mass is 329 g/mol. The molecular weight excluding hydrogens is 305 g/mol. The molecule has 1 aromatic carbocycles. The molecule has 1 saturated carbocycles. The van der Waals surface area contributed by atoms with E-state index in [1.807, 2.05) is 18.2 Å². The first-order valence-corrected chi connectivity index (χ1v) is 8.72. The number of ether oxygens (including phenoxy) is 1. The Bertz CT molecular complexity index is 433. The van der Waals surface area contributed by atoms with Gasteiger partial charge in [-0.3, -0.25) is 0 Å². The van der Waals surface area contributed by atoms with E-state index in [4.69, 9.17) is 27.9 Å². The molecule has 0 saturated heterocycles. The van der Waals surface area contributed by atoms with E-state index in [2.05, 4.69) is 12.2 Å². The van der Waals surface area contributed by atoms with E-state index >= 15 is 0 Å². The maximum absolute atomic E-state index is 6.05. The Morgan fingerprint density at radius 2 is 1.95 bits per heavy atom. The van der Waals surface area contributed by atoms with Gasteiger partial charge in [0.15, 0.2) is 0 Å². The first-order valence-electron chi connectivity index (χ1n) is 7.97. The number of rotatable bonds is 7. The minimum atomic E-state index is 0.273. The lowest BCUT2D eigenvalue weighted by molar-refractivity contribution is 0.0271. The van der Waals surface area contributed by atoms with Crippen LogP contribution in [0.3, 0.4) is 0 Å². The van der Waals surface area contributed by atoms with Gasteiger partial charge < -0.3 is 10.1 Å². The molecule has 4 heteroatoms. The molecule has 1 aliphatic rings. The Balaban J connectivity index is 1.62. The van der Waals surface area contributed by atoms with Gasteiger partial charge in [-0.1, -0.05) is 48.5 Å². The van der Waals surface area contributed by atoms with E-state index in [-0.39, 0.29) is 6.04 Å². The van der Waals surface area contributed by atoms with Gasteiger partial charge in [0.2, 0.25) is 0 Å². The Morgan fingerprint density at radius 1 is 1.19 bits per heavy atom. The number of nitrogens with one attached hydrogen (secondary N) is 1. The van der Waals surface area contributed by atoms with E-state index in [9.17, 15) is 0 Å². The summed E-state index contributed by atoms with van der Waals surface area (Å²) >= 11 is 12.0. The van der Waals surface area contributed by atoms with E-state index in [1.54, 1.807) is 0 Å². The molecule has 1 atom stereocenters. The minimum absolute atomic E-state index is 0.273. The normalized spacial score (nSPS) is 17.9. The summed E-state index contributed by atoms with van der Waals surface area (Å²) < 4.78 is 5.93. The first-order chi connectivity index (χ1) is 10.2. The number of halogens is 2. The summed E-state index contributed by atoms with van der Waals surface area (Å²) in [6, 6.07) is 6.07. The molecule has 1 aliphatic carbocycles. The molecule has 1 fully saturated rings. The maximum atomic E-state index is 6.05. The van der Waals surface area contributed by atoms with Gasteiger partial charge >= 0.3 is 0 Å². The molecule has 0 amide bonds. The van der Waals surface area contributed by atoms with Crippen molar-refractivity contribution in [3.8, 4) is 0 Å². The zero-order valence-corrected chi connectivity index (χ0v) is 14.2. The van der Waals surface area contributed by atoms with Crippen molar-refractivity contribution in [2.75, 3.05) is 13.2 Å². The zero-order chi connectivity index (χ0) is 15.1. The number of benzene rings is 1. The second kappa shape index (κ2) is 8.99. The van der Waals surface area contributed by atoms with Gasteiger partial charge in [0, 0.05) is 12.6 Å². The van der Waals surface area contributed by atoms with Crippen LogP contribution in [0, 0.1) is 0 Å². The Hall–Kier alpha value is -0.280. The molecule has 1 unspecified atom stereocenters. The van der Waals surface area contributed by atoms with Gasteiger partial charge in [0.05, 0.1) is 16.1 Å². The number of hydrogen-bond donors (Lipinski definition) is 1. The van der Waals surface area contributed by atoms with Gasteiger partial charge in [-0.15, -0.1) is 0 Å². The summed E-state index contributed by atoms with van der Waals surface area (Å²) in [4.78, 5) is 0. The van der Waals surface area contributed by atoms with Crippen LogP contribution in [0.15, 0.2) is 18.2 Å². The molecule has 1 aromatic rings. The van der Waals surface area contributed by atoms with Crippen LogP contribution < -0.4 is 5.32 Å². The fourth-order valence-corrected chi connectivity index (χ4v) is 3.08. The Morgan fingerprint density at radius 3 is 2.67 bits per heavy atom. The highest BCUT2D eigenvalue weighted by atomic mass is 35.5. The molecular formula is C17H25Cl2NO. The molecule has 0 spiro atoms. The van der Waals surface area contributed by atoms with Crippen molar-refractivity contribution in [3.05, 3.63) is 33.8 Å². The Labute approximate surface area is 138 Å². The molecule has 0 heterocycles. The zero-order valence-electron chi connectivity index (χ0n) is 12.7. The molecule has 0 bridgehead atoms. The average Bonchev–Trinajstić information content (AvgIpc) is 2.50. The van der Waals surface area contributed by atoms with Gasteiger partial charge in [-0.05, 0) is 50.4 Å². The standard InChI is InChI=1S/C17H25Cl2NO/c1-13(14-8-9-16(18)17(19)12-14)20-10-5-11-21-15-6-3-2-4-7-15/h8-9,12-13,15,20H,2-7,10-11H2,1H3. The van der Waals surface area contributed by atoms with Gasteiger partial charge in [0.1, 0.15) is 0 Å². The van der Waals surface area contributed by atoms with Crippen LogP contribution in [0.2, 0.25) is 10.0 Å². The van der Waals surface area contributed by atoms with Crippen molar-refractivity contribution in [1.82, 2.24) is 5.32 Å². The fourth-order valence-electron chi connectivity index (χ4n) is 2.77. The lowest BCUT2D eigenvalue weighted by atomic mass is 9.98. The third kappa shape index (κ3) is 5.78. The SMILES string of the molecule is CC(NCCCOC1CCCCC1)c1ccc(Cl)c(Cl)c1. The second-order valence-electron chi connectivity index (χ2n) is 5.83. The smallest absolute Gasteiger partial charge is 0.0595 e. The second-order valence-corrected chi connectivity index (χ2v) is 6.65. The van der Waals surface area contributed by atoms with Crippen molar-refractivity contribution in [1.29, 1.82) is 0 Å². The summed E-state index contributed by atoms with van der Waals surface area (Å²) in [7, 11) is 0.